The van der Waals surface area contributed by atoms with Crippen molar-refractivity contribution in [2.24, 2.45) is 0 Å². The Morgan fingerprint density at radius 2 is 1.07 bits per heavy atom. The second kappa shape index (κ2) is 10.5. The van der Waals surface area contributed by atoms with Crippen LogP contribution in [0.3, 0.4) is 0 Å². The van der Waals surface area contributed by atoms with E-state index >= 15 is 0 Å². The van der Waals surface area contributed by atoms with Gasteiger partial charge in [0.25, 0.3) is 0 Å². The minimum atomic E-state index is -0.595. The highest BCUT2D eigenvalue weighted by atomic mass is 16.3. The van der Waals surface area contributed by atoms with E-state index in [1.807, 2.05) is 48.7 Å². The molecule has 5 aromatic carbocycles. The maximum absolute atomic E-state index is 10.8. The highest BCUT2D eigenvalue weighted by Crippen LogP contribution is 2.55. The van der Waals surface area contributed by atoms with Gasteiger partial charge in [0.15, 0.2) is 0 Å². The van der Waals surface area contributed by atoms with E-state index in [2.05, 4.69) is 109 Å². The summed E-state index contributed by atoms with van der Waals surface area (Å²) in [6, 6.07) is 54.1. The molecule has 8 rings (SSSR count). The van der Waals surface area contributed by atoms with Crippen LogP contribution in [-0.4, -0.2) is 15.1 Å². The first-order valence-corrected chi connectivity index (χ1v) is 14.8. The summed E-state index contributed by atoms with van der Waals surface area (Å²) >= 11 is 0. The van der Waals surface area contributed by atoms with Gasteiger partial charge in [0, 0.05) is 17.3 Å². The molecule has 3 heteroatoms. The van der Waals surface area contributed by atoms with Crippen molar-refractivity contribution in [3.8, 4) is 50.5 Å². The van der Waals surface area contributed by atoms with Crippen LogP contribution in [0.4, 0.5) is 0 Å². The first-order valence-electron chi connectivity index (χ1n) is 14.8. The number of phenols is 1. The molecule has 208 valence electrons. The van der Waals surface area contributed by atoms with Crippen molar-refractivity contribution in [3.63, 3.8) is 0 Å². The van der Waals surface area contributed by atoms with Crippen molar-refractivity contribution in [2.45, 2.75) is 5.41 Å². The van der Waals surface area contributed by atoms with Crippen LogP contribution in [-0.2, 0) is 5.41 Å². The lowest BCUT2D eigenvalue weighted by atomic mass is 9.69. The monoisotopic (exact) mass is 564 g/mol. The molecular weight excluding hydrogens is 536 g/mol. The Balaban J connectivity index is 1.39. The Morgan fingerprint density at radius 1 is 0.455 bits per heavy atom. The largest absolute Gasteiger partial charge is 0.507 e. The third-order valence-corrected chi connectivity index (χ3v) is 8.71. The second-order valence-electron chi connectivity index (χ2n) is 11.1. The number of rotatable bonds is 5. The van der Waals surface area contributed by atoms with E-state index in [1.54, 1.807) is 6.07 Å². The van der Waals surface area contributed by atoms with Gasteiger partial charge in [-0.2, -0.15) is 0 Å². The summed E-state index contributed by atoms with van der Waals surface area (Å²) in [6.45, 7) is 0. The standard InChI is InChI=1S/C41H28N2O/c44-39-22-9-6-19-34(39)38-27-30(28-13-2-1-3-14-28)26-37(43-38)29-15-12-16-31(25-29)41(40-23-10-11-24-42-40)35-20-7-4-17-32(35)33-18-5-8-21-36(33)41/h1-27,44H. The molecule has 0 bridgehead atoms. The third kappa shape index (κ3) is 4.05. The van der Waals surface area contributed by atoms with Gasteiger partial charge in [0.05, 0.1) is 22.5 Å². The van der Waals surface area contributed by atoms with Crippen LogP contribution in [0.2, 0.25) is 0 Å². The van der Waals surface area contributed by atoms with Crippen LogP contribution < -0.4 is 0 Å². The van der Waals surface area contributed by atoms with Crippen LogP contribution >= 0.6 is 0 Å². The van der Waals surface area contributed by atoms with E-state index in [4.69, 9.17) is 9.97 Å². The molecule has 44 heavy (non-hydrogen) atoms. The summed E-state index contributed by atoms with van der Waals surface area (Å²) in [5.74, 6) is 0.207. The number of aromatic hydroxyl groups is 1. The number of phenolic OH excluding ortho intramolecular Hbond substituents is 1. The normalized spacial score (nSPS) is 12.8. The quantitative estimate of drug-likeness (QED) is 0.226. The molecule has 2 aromatic heterocycles. The third-order valence-electron chi connectivity index (χ3n) is 8.71. The van der Waals surface area contributed by atoms with Crippen LogP contribution in [0.15, 0.2) is 164 Å². The molecule has 0 amide bonds. The van der Waals surface area contributed by atoms with Crippen LogP contribution in [0.5, 0.6) is 5.75 Å². The number of hydrogen-bond donors (Lipinski definition) is 1. The van der Waals surface area contributed by atoms with Gasteiger partial charge in [-0.3, -0.25) is 4.98 Å². The number of aromatic nitrogens is 2. The lowest BCUT2D eigenvalue weighted by molar-refractivity contribution is 0.477. The van der Waals surface area contributed by atoms with Crippen molar-refractivity contribution in [2.75, 3.05) is 0 Å². The predicted octanol–water partition coefficient (Wildman–Crippen LogP) is 9.55. The fourth-order valence-electron chi connectivity index (χ4n) is 6.77. The van der Waals surface area contributed by atoms with E-state index in [1.165, 1.54) is 22.3 Å². The van der Waals surface area contributed by atoms with Crippen LogP contribution in [0, 0.1) is 0 Å². The minimum Gasteiger partial charge on any atom is -0.507 e. The number of nitrogens with zero attached hydrogens (tertiary/aromatic N) is 2. The number of pyridine rings is 2. The topological polar surface area (TPSA) is 46.0 Å². The number of para-hydroxylation sites is 1. The smallest absolute Gasteiger partial charge is 0.124 e. The summed E-state index contributed by atoms with van der Waals surface area (Å²) in [5, 5.41) is 10.8. The Labute approximate surface area is 256 Å². The number of benzene rings is 5. The summed E-state index contributed by atoms with van der Waals surface area (Å²) in [6.07, 6.45) is 1.88. The molecule has 0 aliphatic heterocycles. The van der Waals surface area contributed by atoms with Crippen molar-refractivity contribution in [1.82, 2.24) is 9.97 Å². The molecule has 1 aliphatic rings. The average Bonchev–Trinajstić information content (AvgIpc) is 3.40. The molecule has 0 spiro atoms. The zero-order chi connectivity index (χ0) is 29.5. The molecule has 3 nitrogen and oxygen atoms in total. The zero-order valence-electron chi connectivity index (χ0n) is 23.9. The van der Waals surface area contributed by atoms with E-state index in [0.717, 1.165) is 39.3 Å². The van der Waals surface area contributed by atoms with E-state index in [0.29, 0.717) is 5.56 Å². The maximum atomic E-state index is 10.8. The van der Waals surface area contributed by atoms with Crippen molar-refractivity contribution in [1.29, 1.82) is 0 Å². The summed E-state index contributed by atoms with van der Waals surface area (Å²) in [4.78, 5) is 10.1. The molecule has 0 fully saturated rings. The van der Waals surface area contributed by atoms with Crippen molar-refractivity contribution >= 4 is 0 Å². The van der Waals surface area contributed by atoms with Gasteiger partial charge in [-0.15, -0.1) is 0 Å². The Kier molecular flexibility index (Phi) is 6.16. The van der Waals surface area contributed by atoms with Gasteiger partial charge < -0.3 is 5.11 Å². The molecule has 2 heterocycles. The number of hydrogen-bond acceptors (Lipinski definition) is 3. The molecule has 0 unspecified atom stereocenters. The molecule has 1 N–H and O–H groups in total. The summed E-state index contributed by atoms with van der Waals surface area (Å²) in [5.41, 5.74) is 11.8. The summed E-state index contributed by atoms with van der Waals surface area (Å²) in [7, 11) is 0. The molecule has 0 saturated carbocycles. The SMILES string of the molecule is Oc1ccccc1-c1cc(-c2ccccc2)cc(-c2cccc(C3(c4ccccn4)c4ccccc4-c4ccccc43)c2)n1. The Bertz CT molecular complexity index is 2090. The van der Waals surface area contributed by atoms with E-state index < -0.39 is 5.41 Å². The van der Waals surface area contributed by atoms with Crippen molar-refractivity contribution in [3.05, 3.63) is 186 Å². The second-order valence-corrected chi connectivity index (χ2v) is 11.1. The number of fused-ring (bicyclic) bond motifs is 3. The molecule has 7 aromatic rings. The predicted molar refractivity (Wildman–Crippen MR) is 177 cm³/mol. The Morgan fingerprint density at radius 3 is 1.77 bits per heavy atom. The van der Waals surface area contributed by atoms with Gasteiger partial charge in [-0.25, -0.2) is 4.98 Å². The van der Waals surface area contributed by atoms with Gasteiger partial charge in [-0.1, -0.05) is 115 Å². The van der Waals surface area contributed by atoms with Crippen LogP contribution in [0.25, 0.3) is 44.8 Å². The summed E-state index contributed by atoms with van der Waals surface area (Å²) < 4.78 is 0. The van der Waals surface area contributed by atoms with E-state index in [9.17, 15) is 5.11 Å². The first kappa shape index (κ1) is 25.9. The van der Waals surface area contributed by atoms with Gasteiger partial charge in [0.2, 0.25) is 0 Å². The molecule has 0 saturated heterocycles. The van der Waals surface area contributed by atoms with Crippen molar-refractivity contribution < 1.29 is 5.11 Å². The molecule has 1 aliphatic carbocycles. The minimum absolute atomic E-state index is 0.207. The molecular formula is C41H28N2O. The molecule has 0 atom stereocenters. The van der Waals surface area contributed by atoms with Gasteiger partial charge in [-0.05, 0) is 81.4 Å². The van der Waals surface area contributed by atoms with E-state index in [-0.39, 0.29) is 5.75 Å². The average molecular weight is 565 g/mol. The highest BCUT2D eigenvalue weighted by Gasteiger charge is 2.47. The van der Waals surface area contributed by atoms with Gasteiger partial charge in [0.1, 0.15) is 5.75 Å². The highest BCUT2D eigenvalue weighted by molar-refractivity contribution is 5.86. The fraction of sp³-hybridized carbons (Fsp3) is 0.0244. The van der Waals surface area contributed by atoms with Crippen LogP contribution in [0.1, 0.15) is 22.4 Å². The van der Waals surface area contributed by atoms with Gasteiger partial charge >= 0.3 is 0 Å². The fourth-order valence-corrected chi connectivity index (χ4v) is 6.77. The maximum Gasteiger partial charge on any atom is 0.124 e. The Hall–Kier alpha value is -5.80. The lowest BCUT2D eigenvalue weighted by Crippen LogP contribution is -2.29. The first-order chi connectivity index (χ1) is 21.7. The zero-order valence-corrected chi connectivity index (χ0v) is 23.9. The molecule has 0 radical (unpaired) electrons. The lowest BCUT2D eigenvalue weighted by Gasteiger charge is -2.33.